The molecule has 0 radical (unpaired) electrons. The van der Waals surface area contributed by atoms with E-state index in [2.05, 4.69) is 30.8 Å². The van der Waals surface area contributed by atoms with Crippen LogP contribution in [0.4, 0.5) is 19.0 Å². The Morgan fingerprint density at radius 2 is 1.60 bits per heavy atom. The first-order chi connectivity index (χ1) is 40.1. The molecule has 7 atom stereocenters. The molecule has 3 saturated heterocycles. The second-order valence-electron chi connectivity index (χ2n) is 21.9. The summed E-state index contributed by atoms with van der Waals surface area (Å²) in [4.78, 5) is 50.6. The Labute approximate surface area is 476 Å². The molecule has 0 saturated carbocycles. The summed E-state index contributed by atoms with van der Waals surface area (Å²) in [5.74, 6) is -2.63. The first kappa shape index (κ1) is 56.5. The lowest BCUT2D eigenvalue weighted by molar-refractivity contribution is -0.142. The number of phenols is 1. The van der Waals surface area contributed by atoms with Crippen molar-refractivity contribution >= 4 is 39.3 Å². The number of aromatic nitrogens is 7. The van der Waals surface area contributed by atoms with Gasteiger partial charge in [-0.1, -0.05) is 80.6 Å². The maximum atomic E-state index is 15.7. The van der Waals surface area contributed by atoms with Crippen molar-refractivity contribution in [2.45, 2.75) is 102 Å². The van der Waals surface area contributed by atoms with E-state index < -0.39 is 54.3 Å². The maximum Gasteiger partial charge on any atom is 0.319 e. The third-order valence-electron chi connectivity index (χ3n) is 15.9. The summed E-state index contributed by atoms with van der Waals surface area (Å²) in [5, 5.41) is 49.6. The van der Waals surface area contributed by atoms with Crippen LogP contribution in [0.5, 0.6) is 17.5 Å². The SMILES string of the molecule is CCc1c(F)ccc2cc(O)cc(-c3ncc4c(N5CC6CCC(C5)N6)nc(OC[C@H](C)OC)nc4c3OCc3ccc(-c4cn([C@H](C(=O)N5C[C@H](O)C[C@H]5C(=O)N[C@@H](CO)c5ccc(-c6c(F)cncc6F)cc5)C(C)C)nn4)cc3)c12. The second kappa shape index (κ2) is 23.9. The van der Waals surface area contributed by atoms with Crippen molar-refractivity contribution in [3.05, 3.63) is 132 Å². The van der Waals surface area contributed by atoms with Crippen molar-refractivity contribution in [1.82, 2.24) is 50.5 Å². The number of anilines is 1. The summed E-state index contributed by atoms with van der Waals surface area (Å²) in [5.41, 5.74) is 3.93. The number of carbonyl (C=O) groups excluding carboxylic acids is 2. The first-order valence-electron chi connectivity index (χ1n) is 27.8. The van der Waals surface area contributed by atoms with Gasteiger partial charge in [-0.3, -0.25) is 19.6 Å². The normalized spacial score (nSPS) is 18.9. The van der Waals surface area contributed by atoms with Crippen molar-refractivity contribution in [3.8, 4) is 51.2 Å². The fraction of sp³-hybridized carbons (Fsp3) is 0.377. The number of fused-ring (bicyclic) bond motifs is 4. The van der Waals surface area contributed by atoms with Gasteiger partial charge in [0, 0.05) is 62.6 Å². The molecule has 0 spiro atoms. The van der Waals surface area contributed by atoms with Crippen LogP contribution in [0.25, 0.3) is 55.3 Å². The lowest BCUT2D eigenvalue weighted by atomic mass is 9.94. The lowest BCUT2D eigenvalue weighted by Gasteiger charge is -2.34. The first-order valence-corrected chi connectivity index (χ1v) is 27.8. The Hall–Kier alpha value is -8.31. The van der Waals surface area contributed by atoms with Crippen LogP contribution in [0.3, 0.4) is 0 Å². The summed E-state index contributed by atoms with van der Waals surface area (Å²) in [6, 6.07) is 17.3. The number of β-amino-alcohol motifs (C(OH)–C–C–N with tert-alkyl or cyclic N) is 1. The van der Waals surface area contributed by atoms with Crippen LogP contribution in [0.1, 0.15) is 75.7 Å². The van der Waals surface area contributed by atoms with Crippen LogP contribution in [0.15, 0.2) is 97.6 Å². The summed E-state index contributed by atoms with van der Waals surface area (Å²) in [6.07, 6.45) is 6.29. The number of hydrogen-bond acceptors (Lipinski definition) is 16. The van der Waals surface area contributed by atoms with E-state index in [9.17, 15) is 33.7 Å². The van der Waals surface area contributed by atoms with Gasteiger partial charge in [-0.05, 0) is 83.3 Å². The Morgan fingerprint density at radius 1 is 0.880 bits per heavy atom. The number of methoxy groups -OCH3 is 1. The third kappa shape index (κ3) is 11.5. The number of aliphatic hydroxyl groups is 2. The molecule has 11 rings (SSSR count). The zero-order chi connectivity index (χ0) is 58.2. The number of phenolic OH excluding ortho intramolecular Hbond substituents is 1. The summed E-state index contributed by atoms with van der Waals surface area (Å²) in [6.45, 7) is 8.39. The van der Waals surface area contributed by atoms with Gasteiger partial charge in [-0.15, -0.1) is 5.10 Å². The average Bonchev–Trinajstić information content (AvgIpc) is 3.30. The predicted octanol–water partition coefficient (Wildman–Crippen LogP) is 7.79. The highest BCUT2D eigenvalue weighted by Gasteiger charge is 2.43. The number of carbonyl (C=O) groups is 2. The zero-order valence-corrected chi connectivity index (χ0v) is 46.5. The number of pyridine rings is 2. The van der Waals surface area contributed by atoms with Crippen molar-refractivity contribution < 1.29 is 52.3 Å². The molecule has 0 aliphatic carbocycles. The smallest absolute Gasteiger partial charge is 0.319 e. The van der Waals surface area contributed by atoms with Crippen molar-refractivity contribution in [3.63, 3.8) is 0 Å². The van der Waals surface area contributed by atoms with Gasteiger partial charge in [0.2, 0.25) is 11.8 Å². The Balaban J connectivity index is 0.859. The molecule has 3 aliphatic heterocycles. The molecule has 3 aliphatic rings. The minimum Gasteiger partial charge on any atom is -0.508 e. The number of aromatic hydroxyl groups is 1. The molecule has 5 N–H and O–H groups in total. The number of nitrogens with one attached hydrogen (secondary N) is 2. The molecular formula is C61H64F3N11O8. The lowest BCUT2D eigenvalue weighted by Crippen LogP contribution is -2.51. The quantitative estimate of drug-likeness (QED) is 0.0520. The van der Waals surface area contributed by atoms with Crippen molar-refractivity contribution in [1.29, 1.82) is 0 Å². The average molecular weight is 1140 g/mol. The number of hydrogen-bond donors (Lipinski definition) is 5. The molecule has 22 heteroatoms. The van der Waals surface area contributed by atoms with Crippen LogP contribution in [0.2, 0.25) is 0 Å². The van der Waals surface area contributed by atoms with Gasteiger partial charge in [0.1, 0.15) is 59.6 Å². The number of amides is 2. The Kier molecular flexibility index (Phi) is 16.3. The van der Waals surface area contributed by atoms with E-state index in [1.165, 1.54) is 39.9 Å². The number of benzene rings is 4. The highest BCUT2D eigenvalue weighted by Crippen LogP contribution is 2.44. The molecule has 2 bridgehead atoms. The molecule has 83 heavy (non-hydrogen) atoms. The minimum absolute atomic E-state index is 0.0149. The number of halogens is 3. The van der Waals surface area contributed by atoms with Gasteiger partial charge < -0.3 is 50.0 Å². The standard InChI is InChI=1S/C61H64F3N11O8/c1-6-43-46(62)18-15-38-19-41(77)20-44(52(38)43)54-57(55-45(22-66-54)58(70-61(69-55)83-30-33(4)81-5)73-25-39-16-17-40(26-73)67-39)82-31-34-7-9-35(10-8-34)49-28-75(72-71-49)56(32(2)3)60(80)74-27-42(78)21-51(74)59(79)68-50(29-76)36-11-13-37(14-12-36)53-47(63)23-65-24-48(53)64/h7-15,18-20,22-24,28,32-33,39-40,42,50-51,56,67,76-78H,6,16-17,21,25-27,29-31H2,1-5H3,(H,68,79)/t33-,39?,40?,42+,50-,51-,56-/m0/s1. The van der Waals surface area contributed by atoms with Crippen LogP contribution < -0.4 is 25.0 Å². The van der Waals surface area contributed by atoms with Gasteiger partial charge in [-0.2, -0.15) is 9.97 Å². The molecule has 2 unspecified atom stereocenters. The van der Waals surface area contributed by atoms with E-state index in [0.29, 0.717) is 80.6 Å². The van der Waals surface area contributed by atoms with E-state index in [1.54, 1.807) is 37.7 Å². The van der Waals surface area contributed by atoms with Crippen LogP contribution in [0, 0.1) is 23.4 Å². The number of rotatable bonds is 19. The van der Waals surface area contributed by atoms with Crippen LogP contribution in [-0.4, -0.2) is 137 Å². The second-order valence-corrected chi connectivity index (χ2v) is 21.9. The molecule has 19 nitrogen and oxygen atoms in total. The van der Waals surface area contributed by atoms with Crippen LogP contribution >= 0.6 is 0 Å². The van der Waals surface area contributed by atoms with Crippen LogP contribution in [-0.2, 0) is 27.4 Å². The maximum absolute atomic E-state index is 15.7. The van der Waals surface area contributed by atoms with Gasteiger partial charge in [0.25, 0.3) is 0 Å². The number of piperazine rings is 1. The van der Waals surface area contributed by atoms with E-state index >= 15 is 4.39 Å². The summed E-state index contributed by atoms with van der Waals surface area (Å²) < 4.78 is 64.7. The predicted molar refractivity (Wildman–Crippen MR) is 303 cm³/mol. The fourth-order valence-corrected chi connectivity index (χ4v) is 11.6. The topological polar surface area (TPSA) is 235 Å². The highest BCUT2D eigenvalue weighted by atomic mass is 19.1. The Morgan fingerprint density at radius 3 is 2.29 bits per heavy atom. The van der Waals surface area contributed by atoms with E-state index in [0.717, 1.165) is 30.8 Å². The van der Waals surface area contributed by atoms with Crippen molar-refractivity contribution in [2.24, 2.45) is 5.92 Å². The molecule has 4 aromatic carbocycles. The van der Waals surface area contributed by atoms with E-state index in [-0.39, 0.29) is 84.7 Å². The molecular weight excluding hydrogens is 1070 g/mol. The fourth-order valence-electron chi connectivity index (χ4n) is 11.6. The minimum atomic E-state index is -1.10. The molecule has 8 aromatic rings. The number of nitrogens with zero attached hydrogens (tertiary/aromatic N) is 9. The molecule has 432 valence electrons. The van der Waals surface area contributed by atoms with Gasteiger partial charge >= 0.3 is 6.01 Å². The Bertz CT molecular complexity index is 3670. The van der Waals surface area contributed by atoms with E-state index in [4.69, 9.17) is 29.2 Å². The van der Waals surface area contributed by atoms with Crippen molar-refractivity contribution in [2.75, 3.05) is 44.9 Å². The van der Waals surface area contributed by atoms with Gasteiger partial charge in [-0.25, -0.2) is 17.9 Å². The molecule has 7 heterocycles. The van der Waals surface area contributed by atoms with E-state index in [1.807, 2.05) is 52.0 Å². The summed E-state index contributed by atoms with van der Waals surface area (Å²) >= 11 is 0. The largest absolute Gasteiger partial charge is 0.508 e. The zero-order valence-electron chi connectivity index (χ0n) is 46.5. The monoisotopic (exact) mass is 1140 g/mol. The number of aliphatic hydroxyl groups excluding tert-OH is 2. The van der Waals surface area contributed by atoms with Gasteiger partial charge in [0.15, 0.2) is 17.4 Å². The highest BCUT2D eigenvalue weighted by molar-refractivity contribution is 6.04. The number of aryl methyl sites for hydroxylation is 1. The summed E-state index contributed by atoms with van der Waals surface area (Å²) in [7, 11) is 1.60. The number of likely N-dealkylation sites (tertiary alicyclic amines) is 1. The number of ether oxygens (including phenoxy) is 3. The molecule has 4 aromatic heterocycles. The molecule has 2 amide bonds. The van der Waals surface area contributed by atoms with Gasteiger partial charge in [0.05, 0.1) is 54.4 Å². The molecule has 3 fully saturated rings. The third-order valence-corrected chi connectivity index (χ3v) is 15.9.